The van der Waals surface area contributed by atoms with Gasteiger partial charge in [-0.2, -0.15) is 13.2 Å². The zero-order chi connectivity index (χ0) is 15.1. The molecule has 0 radical (unpaired) electrons. The molecule has 0 fully saturated rings. The van der Waals surface area contributed by atoms with Crippen molar-refractivity contribution in [3.63, 3.8) is 0 Å². The second-order valence-corrected chi connectivity index (χ2v) is 3.86. The highest BCUT2D eigenvalue weighted by Crippen LogP contribution is 2.35. The van der Waals surface area contributed by atoms with E-state index in [0.717, 1.165) is 18.2 Å². The van der Waals surface area contributed by atoms with Gasteiger partial charge in [-0.1, -0.05) is 12.1 Å². The maximum absolute atomic E-state index is 12.8. The molecule has 0 saturated heterocycles. The van der Waals surface area contributed by atoms with Gasteiger partial charge in [0.1, 0.15) is 5.69 Å². The molecule has 2 N–H and O–H groups in total. The SMILES string of the molecule is O=C(O)c1cc(C(=O)O)c2cccc(C(F)(F)F)c2n1. The molecule has 104 valence electrons. The van der Waals surface area contributed by atoms with Gasteiger partial charge >= 0.3 is 18.1 Å². The van der Waals surface area contributed by atoms with Crippen molar-refractivity contribution in [1.29, 1.82) is 0 Å². The summed E-state index contributed by atoms with van der Waals surface area (Å²) in [4.78, 5) is 25.3. The van der Waals surface area contributed by atoms with Gasteiger partial charge in [0.05, 0.1) is 16.6 Å². The van der Waals surface area contributed by atoms with Crippen molar-refractivity contribution in [3.05, 3.63) is 41.1 Å². The zero-order valence-corrected chi connectivity index (χ0v) is 9.60. The van der Waals surface area contributed by atoms with Gasteiger partial charge in [0.2, 0.25) is 0 Å². The molecule has 0 saturated carbocycles. The summed E-state index contributed by atoms with van der Waals surface area (Å²) in [5.41, 5.74) is -3.18. The molecule has 0 aliphatic carbocycles. The predicted octanol–water partition coefficient (Wildman–Crippen LogP) is 2.65. The predicted molar refractivity (Wildman–Crippen MR) is 60.7 cm³/mol. The fraction of sp³-hybridized carbons (Fsp3) is 0.0833. The number of halogens is 3. The summed E-state index contributed by atoms with van der Waals surface area (Å²) in [5.74, 6) is -3.13. The maximum Gasteiger partial charge on any atom is 0.418 e. The van der Waals surface area contributed by atoms with Gasteiger partial charge in [0.15, 0.2) is 0 Å². The van der Waals surface area contributed by atoms with E-state index in [0.29, 0.717) is 6.07 Å². The lowest BCUT2D eigenvalue weighted by Gasteiger charge is -2.11. The first kappa shape index (κ1) is 13.8. The van der Waals surface area contributed by atoms with Crippen molar-refractivity contribution in [3.8, 4) is 0 Å². The quantitative estimate of drug-likeness (QED) is 0.885. The molecule has 8 heteroatoms. The van der Waals surface area contributed by atoms with Crippen molar-refractivity contribution in [2.75, 3.05) is 0 Å². The Hall–Kier alpha value is -2.64. The van der Waals surface area contributed by atoms with Crippen LogP contribution in [0.15, 0.2) is 24.3 Å². The molecule has 0 atom stereocenters. The first-order valence-corrected chi connectivity index (χ1v) is 5.19. The van der Waals surface area contributed by atoms with Crippen LogP contribution in [0.3, 0.4) is 0 Å². The van der Waals surface area contributed by atoms with Crippen molar-refractivity contribution in [2.24, 2.45) is 0 Å². The summed E-state index contributed by atoms with van der Waals surface area (Å²) in [6.07, 6.45) is -4.76. The van der Waals surface area contributed by atoms with E-state index in [9.17, 15) is 22.8 Å². The van der Waals surface area contributed by atoms with Gasteiger partial charge in [0, 0.05) is 5.39 Å². The number of benzene rings is 1. The molecule has 0 aliphatic rings. The van der Waals surface area contributed by atoms with Crippen LogP contribution in [0.2, 0.25) is 0 Å². The highest BCUT2D eigenvalue weighted by molar-refractivity contribution is 6.05. The zero-order valence-electron chi connectivity index (χ0n) is 9.60. The van der Waals surface area contributed by atoms with Crippen LogP contribution >= 0.6 is 0 Å². The number of hydrogen-bond donors (Lipinski definition) is 2. The Labute approximate surface area is 109 Å². The van der Waals surface area contributed by atoms with E-state index >= 15 is 0 Å². The minimum atomic E-state index is -4.76. The topological polar surface area (TPSA) is 87.5 Å². The number of nitrogens with zero attached hydrogens (tertiary/aromatic N) is 1. The van der Waals surface area contributed by atoms with Crippen LogP contribution < -0.4 is 0 Å². The molecule has 0 aliphatic heterocycles. The van der Waals surface area contributed by atoms with Crippen LogP contribution in [0.5, 0.6) is 0 Å². The van der Waals surface area contributed by atoms with Crippen LogP contribution in [-0.2, 0) is 6.18 Å². The highest BCUT2D eigenvalue weighted by Gasteiger charge is 2.34. The fourth-order valence-electron chi connectivity index (χ4n) is 1.76. The normalized spacial score (nSPS) is 11.6. The van der Waals surface area contributed by atoms with E-state index in [2.05, 4.69) is 4.98 Å². The number of rotatable bonds is 2. The molecular weight excluding hydrogens is 279 g/mol. The molecule has 1 aromatic heterocycles. The van der Waals surface area contributed by atoms with E-state index in [1.165, 1.54) is 0 Å². The molecular formula is C12H6F3NO4. The lowest BCUT2D eigenvalue weighted by Crippen LogP contribution is -2.11. The minimum absolute atomic E-state index is 0.266. The average Bonchev–Trinajstić information content (AvgIpc) is 2.35. The summed E-state index contributed by atoms with van der Waals surface area (Å²) in [6.45, 7) is 0. The molecule has 0 bridgehead atoms. The van der Waals surface area contributed by atoms with Crippen molar-refractivity contribution < 1.29 is 33.0 Å². The first-order valence-electron chi connectivity index (χ1n) is 5.19. The number of hydrogen-bond acceptors (Lipinski definition) is 3. The number of carboxylic acids is 2. The van der Waals surface area contributed by atoms with E-state index in [1.807, 2.05) is 0 Å². The summed E-state index contributed by atoms with van der Waals surface area (Å²) < 4.78 is 38.5. The van der Waals surface area contributed by atoms with Crippen molar-refractivity contribution in [1.82, 2.24) is 4.98 Å². The smallest absolute Gasteiger partial charge is 0.418 e. The van der Waals surface area contributed by atoms with Crippen LogP contribution in [-0.4, -0.2) is 27.1 Å². The third-order valence-corrected chi connectivity index (χ3v) is 2.59. The molecule has 0 amide bonds. The van der Waals surface area contributed by atoms with E-state index < -0.39 is 40.5 Å². The van der Waals surface area contributed by atoms with E-state index in [-0.39, 0.29) is 5.39 Å². The molecule has 5 nitrogen and oxygen atoms in total. The van der Waals surface area contributed by atoms with E-state index in [4.69, 9.17) is 10.2 Å². The lowest BCUT2D eigenvalue weighted by molar-refractivity contribution is -0.136. The number of aromatic nitrogens is 1. The Morgan fingerprint density at radius 1 is 1.10 bits per heavy atom. The summed E-state index contributed by atoms with van der Waals surface area (Å²) >= 11 is 0. The van der Waals surface area contributed by atoms with Gasteiger partial charge in [0.25, 0.3) is 0 Å². The molecule has 0 spiro atoms. The molecule has 2 aromatic rings. The number of carboxylic acid groups (broad SMARTS) is 2. The van der Waals surface area contributed by atoms with Gasteiger partial charge in [-0.3, -0.25) is 0 Å². The summed E-state index contributed by atoms with van der Waals surface area (Å²) in [6, 6.07) is 3.63. The Balaban J connectivity index is 2.94. The number of carbonyl (C=O) groups is 2. The van der Waals surface area contributed by atoms with Crippen molar-refractivity contribution >= 4 is 22.8 Å². The Morgan fingerprint density at radius 2 is 1.75 bits per heavy atom. The van der Waals surface area contributed by atoms with E-state index in [1.54, 1.807) is 0 Å². The third kappa shape index (κ3) is 2.27. The minimum Gasteiger partial charge on any atom is -0.478 e. The number of fused-ring (bicyclic) bond motifs is 1. The molecule has 2 rings (SSSR count). The van der Waals surface area contributed by atoms with Crippen LogP contribution in [0, 0.1) is 0 Å². The summed E-state index contributed by atoms with van der Waals surface area (Å²) in [7, 11) is 0. The standard InChI is InChI=1S/C12H6F3NO4/c13-12(14,15)7-3-1-2-5-6(10(17)18)4-8(11(19)20)16-9(5)7/h1-4H,(H,17,18)(H,19,20). The average molecular weight is 285 g/mol. The monoisotopic (exact) mass is 285 g/mol. The second kappa shape index (κ2) is 4.48. The molecule has 0 unspecified atom stereocenters. The van der Waals surface area contributed by atoms with Crippen LogP contribution in [0.25, 0.3) is 10.9 Å². The molecule has 1 aromatic carbocycles. The van der Waals surface area contributed by atoms with Gasteiger partial charge in [-0.15, -0.1) is 0 Å². The highest BCUT2D eigenvalue weighted by atomic mass is 19.4. The van der Waals surface area contributed by atoms with Gasteiger partial charge in [-0.25, -0.2) is 14.6 Å². The van der Waals surface area contributed by atoms with Gasteiger partial charge < -0.3 is 10.2 Å². The Kier molecular flexibility index (Phi) is 3.09. The largest absolute Gasteiger partial charge is 0.478 e. The van der Waals surface area contributed by atoms with Crippen LogP contribution in [0.1, 0.15) is 26.4 Å². The maximum atomic E-state index is 12.8. The number of aromatic carboxylic acids is 2. The third-order valence-electron chi connectivity index (χ3n) is 2.59. The fourth-order valence-corrected chi connectivity index (χ4v) is 1.76. The van der Waals surface area contributed by atoms with Gasteiger partial charge in [-0.05, 0) is 12.1 Å². The number of pyridine rings is 1. The first-order chi connectivity index (χ1) is 9.21. The number of para-hydroxylation sites is 1. The Morgan fingerprint density at radius 3 is 2.25 bits per heavy atom. The lowest BCUT2D eigenvalue weighted by atomic mass is 10.0. The molecule has 1 heterocycles. The Bertz CT molecular complexity index is 724. The second-order valence-electron chi connectivity index (χ2n) is 3.86. The molecule has 20 heavy (non-hydrogen) atoms. The summed E-state index contributed by atoms with van der Waals surface area (Å²) in [5, 5.41) is 17.5. The van der Waals surface area contributed by atoms with Crippen molar-refractivity contribution in [2.45, 2.75) is 6.18 Å². The number of alkyl halides is 3. The van der Waals surface area contributed by atoms with Crippen LogP contribution in [0.4, 0.5) is 13.2 Å².